The Kier molecular flexibility index (Phi) is 5.76. The molecule has 0 aromatic heterocycles. The Bertz CT molecular complexity index is 449. The number of nitrogens with zero attached hydrogens (tertiary/aromatic N) is 1. The fraction of sp³-hybridized carbons (Fsp3) is 0.588. The molecule has 0 bridgehead atoms. The molecule has 2 N–H and O–H groups in total. The van der Waals surface area contributed by atoms with E-state index in [0.29, 0.717) is 12.6 Å². The number of hydrogen-bond donors (Lipinski definition) is 2. The Hall–Kier alpha value is -1.39. The number of carboxylic acids is 1. The maximum Gasteiger partial charge on any atom is 0.307 e. The van der Waals surface area contributed by atoms with E-state index in [1.807, 2.05) is 18.2 Å². The minimum Gasteiger partial charge on any atom is -0.481 e. The Morgan fingerprint density at radius 1 is 1.38 bits per heavy atom. The van der Waals surface area contributed by atoms with Crippen LogP contribution in [-0.4, -0.2) is 41.1 Å². The number of likely N-dealkylation sites (tertiary alicyclic amines) is 1. The van der Waals surface area contributed by atoms with Gasteiger partial charge in [0, 0.05) is 31.7 Å². The second-order valence-electron chi connectivity index (χ2n) is 6.05. The van der Waals surface area contributed by atoms with E-state index in [4.69, 9.17) is 0 Å². The summed E-state index contributed by atoms with van der Waals surface area (Å²) >= 11 is 0. The smallest absolute Gasteiger partial charge is 0.307 e. The number of aliphatic carboxylic acids is 1. The van der Waals surface area contributed by atoms with Gasteiger partial charge in [0.15, 0.2) is 0 Å². The van der Waals surface area contributed by atoms with Gasteiger partial charge in [0.1, 0.15) is 0 Å². The van der Waals surface area contributed by atoms with Gasteiger partial charge in [-0.2, -0.15) is 0 Å². The van der Waals surface area contributed by atoms with E-state index >= 15 is 0 Å². The van der Waals surface area contributed by atoms with Crippen LogP contribution in [0.1, 0.15) is 32.3 Å². The predicted molar refractivity (Wildman–Crippen MR) is 84.1 cm³/mol. The summed E-state index contributed by atoms with van der Waals surface area (Å²) < 4.78 is 0. The second kappa shape index (κ2) is 7.57. The van der Waals surface area contributed by atoms with Gasteiger partial charge in [-0.05, 0) is 25.3 Å². The summed E-state index contributed by atoms with van der Waals surface area (Å²) in [7, 11) is 0. The number of benzene rings is 1. The van der Waals surface area contributed by atoms with Crippen LogP contribution in [0.5, 0.6) is 0 Å². The van der Waals surface area contributed by atoms with Crippen LogP contribution < -0.4 is 5.32 Å². The van der Waals surface area contributed by atoms with Gasteiger partial charge in [-0.1, -0.05) is 37.3 Å². The first-order valence-corrected chi connectivity index (χ1v) is 7.84. The summed E-state index contributed by atoms with van der Waals surface area (Å²) in [6, 6.07) is 10.9. The molecular formula is C17H26N2O2. The summed E-state index contributed by atoms with van der Waals surface area (Å²) in [5.41, 5.74) is 1.24. The highest BCUT2D eigenvalue weighted by Gasteiger charge is 2.32. The summed E-state index contributed by atoms with van der Waals surface area (Å²) in [4.78, 5) is 13.7. The molecule has 3 unspecified atom stereocenters. The van der Waals surface area contributed by atoms with E-state index in [0.717, 1.165) is 25.9 Å². The molecule has 0 amide bonds. The average molecular weight is 290 g/mol. The standard InChI is InChI=1S/C17H26N2O2/c1-3-13(2)19-11-15(17(20)21)9-16(12-19)18-10-14-7-5-4-6-8-14/h4-8,13,15-16,18H,3,9-12H2,1-2H3,(H,20,21). The molecule has 0 spiro atoms. The molecule has 1 saturated heterocycles. The van der Waals surface area contributed by atoms with Crippen molar-refractivity contribution in [1.29, 1.82) is 0 Å². The van der Waals surface area contributed by atoms with Crippen molar-refractivity contribution < 1.29 is 9.90 Å². The molecule has 116 valence electrons. The van der Waals surface area contributed by atoms with Crippen LogP contribution in [0, 0.1) is 5.92 Å². The van der Waals surface area contributed by atoms with Crippen LogP contribution >= 0.6 is 0 Å². The van der Waals surface area contributed by atoms with Gasteiger partial charge < -0.3 is 10.4 Å². The van der Waals surface area contributed by atoms with E-state index in [9.17, 15) is 9.90 Å². The molecule has 1 aliphatic heterocycles. The van der Waals surface area contributed by atoms with Crippen LogP contribution in [-0.2, 0) is 11.3 Å². The van der Waals surface area contributed by atoms with E-state index in [1.54, 1.807) is 0 Å². The number of hydrogen-bond acceptors (Lipinski definition) is 3. The lowest BCUT2D eigenvalue weighted by Gasteiger charge is -2.39. The first-order valence-electron chi connectivity index (χ1n) is 7.84. The van der Waals surface area contributed by atoms with Crippen molar-refractivity contribution in [3.8, 4) is 0 Å². The largest absolute Gasteiger partial charge is 0.481 e. The van der Waals surface area contributed by atoms with Crippen LogP contribution in [0.15, 0.2) is 30.3 Å². The molecule has 3 atom stereocenters. The number of nitrogens with one attached hydrogen (secondary N) is 1. The van der Waals surface area contributed by atoms with Gasteiger partial charge >= 0.3 is 5.97 Å². The first kappa shape index (κ1) is 16.0. The van der Waals surface area contributed by atoms with Crippen molar-refractivity contribution in [2.24, 2.45) is 5.92 Å². The number of carbonyl (C=O) groups is 1. The molecule has 1 aromatic rings. The molecular weight excluding hydrogens is 264 g/mol. The minimum atomic E-state index is -0.672. The van der Waals surface area contributed by atoms with Crippen LogP contribution in [0.4, 0.5) is 0 Å². The monoisotopic (exact) mass is 290 g/mol. The fourth-order valence-corrected chi connectivity index (χ4v) is 2.94. The van der Waals surface area contributed by atoms with Crippen molar-refractivity contribution in [1.82, 2.24) is 10.2 Å². The van der Waals surface area contributed by atoms with Crippen molar-refractivity contribution in [3.63, 3.8) is 0 Å². The highest BCUT2D eigenvalue weighted by molar-refractivity contribution is 5.70. The van der Waals surface area contributed by atoms with Crippen molar-refractivity contribution in [2.45, 2.75) is 45.3 Å². The van der Waals surface area contributed by atoms with E-state index in [1.165, 1.54) is 5.56 Å². The van der Waals surface area contributed by atoms with Crippen molar-refractivity contribution in [2.75, 3.05) is 13.1 Å². The zero-order chi connectivity index (χ0) is 15.2. The lowest BCUT2D eigenvalue weighted by atomic mass is 9.92. The molecule has 1 aliphatic rings. The van der Waals surface area contributed by atoms with Gasteiger partial charge in [-0.3, -0.25) is 9.69 Å². The van der Waals surface area contributed by atoms with E-state index in [-0.39, 0.29) is 12.0 Å². The summed E-state index contributed by atoms with van der Waals surface area (Å²) in [6.45, 7) is 6.74. The molecule has 21 heavy (non-hydrogen) atoms. The third-order valence-corrected chi connectivity index (χ3v) is 4.48. The maximum atomic E-state index is 11.4. The number of rotatable bonds is 6. The van der Waals surface area contributed by atoms with Gasteiger partial charge in [0.05, 0.1) is 5.92 Å². The average Bonchev–Trinajstić information content (AvgIpc) is 2.52. The molecule has 1 aromatic carbocycles. The Morgan fingerprint density at radius 3 is 2.71 bits per heavy atom. The number of carboxylic acid groups (broad SMARTS) is 1. The lowest BCUT2D eigenvalue weighted by Crippen LogP contribution is -2.53. The SMILES string of the molecule is CCC(C)N1CC(NCc2ccccc2)CC(C(=O)O)C1. The highest BCUT2D eigenvalue weighted by Crippen LogP contribution is 2.20. The first-order chi connectivity index (χ1) is 10.1. The topological polar surface area (TPSA) is 52.6 Å². The molecule has 4 heteroatoms. The Labute approximate surface area is 127 Å². The van der Waals surface area contributed by atoms with Crippen LogP contribution in [0.2, 0.25) is 0 Å². The van der Waals surface area contributed by atoms with Gasteiger partial charge in [-0.15, -0.1) is 0 Å². The van der Waals surface area contributed by atoms with Crippen LogP contribution in [0.3, 0.4) is 0 Å². The van der Waals surface area contributed by atoms with E-state index < -0.39 is 5.97 Å². The molecule has 0 aliphatic carbocycles. The summed E-state index contributed by atoms with van der Waals surface area (Å²) in [6.07, 6.45) is 1.77. The third-order valence-electron chi connectivity index (χ3n) is 4.48. The fourth-order valence-electron chi connectivity index (χ4n) is 2.94. The van der Waals surface area contributed by atoms with Crippen molar-refractivity contribution >= 4 is 5.97 Å². The summed E-state index contributed by atoms with van der Waals surface area (Å²) in [5.74, 6) is -0.935. The second-order valence-corrected chi connectivity index (χ2v) is 6.05. The molecule has 1 heterocycles. The quantitative estimate of drug-likeness (QED) is 0.844. The number of piperidine rings is 1. The normalized spacial score (nSPS) is 24.7. The van der Waals surface area contributed by atoms with Gasteiger partial charge in [0.25, 0.3) is 0 Å². The zero-order valence-electron chi connectivity index (χ0n) is 13.0. The Balaban J connectivity index is 1.95. The third kappa shape index (κ3) is 4.55. The van der Waals surface area contributed by atoms with Crippen molar-refractivity contribution in [3.05, 3.63) is 35.9 Å². The summed E-state index contributed by atoms with van der Waals surface area (Å²) in [5, 5.41) is 12.9. The molecule has 0 radical (unpaired) electrons. The zero-order valence-corrected chi connectivity index (χ0v) is 13.0. The van der Waals surface area contributed by atoms with Crippen LogP contribution in [0.25, 0.3) is 0 Å². The molecule has 1 fully saturated rings. The predicted octanol–water partition coefficient (Wildman–Crippen LogP) is 2.35. The Morgan fingerprint density at radius 2 is 2.10 bits per heavy atom. The lowest BCUT2D eigenvalue weighted by molar-refractivity contribution is -0.144. The highest BCUT2D eigenvalue weighted by atomic mass is 16.4. The molecule has 4 nitrogen and oxygen atoms in total. The van der Waals surface area contributed by atoms with E-state index in [2.05, 4.69) is 36.2 Å². The minimum absolute atomic E-state index is 0.244. The molecule has 0 saturated carbocycles. The maximum absolute atomic E-state index is 11.4. The van der Waals surface area contributed by atoms with Gasteiger partial charge in [0.2, 0.25) is 0 Å². The van der Waals surface area contributed by atoms with Gasteiger partial charge in [-0.25, -0.2) is 0 Å². The molecule has 2 rings (SSSR count).